The van der Waals surface area contributed by atoms with Crippen molar-refractivity contribution in [1.82, 2.24) is 14.3 Å². The molecule has 132 valence electrons. The van der Waals surface area contributed by atoms with Gasteiger partial charge in [-0.15, -0.1) is 0 Å². The van der Waals surface area contributed by atoms with Crippen LogP contribution in [-0.4, -0.2) is 39.5 Å². The number of benzene rings is 1. The van der Waals surface area contributed by atoms with E-state index in [1.165, 1.54) is 23.1 Å². The molecule has 2 aromatic rings. The highest BCUT2D eigenvalue weighted by molar-refractivity contribution is 7.09. The molecule has 1 N–H and O–H groups in total. The molecule has 0 saturated carbocycles. The number of alkyl halides is 1. The molecular formula is C16H15ClF2N4OS. The molecule has 3 rings (SSSR count). The maximum Gasteiger partial charge on any atom is 0.323 e. The zero-order chi connectivity index (χ0) is 18.0. The Balaban J connectivity index is 1.65. The lowest BCUT2D eigenvalue weighted by molar-refractivity contribution is 0.180. The van der Waals surface area contributed by atoms with Crippen molar-refractivity contribution in [2.45, 2.75) is 19.5 Å². The van der Waals surface area contributed by atoms with Gasteiger partial charge in [0.15, 0.2) is 0 Å². The first-order valence-electron chi connectivity index (χ1n) is 7.58. The fourth-order valence-electron chi connectivity index (χ4n) is 2.51. The van der Waals surface area contributed by atoms with Gasteiger partial charge in [0.25, 0.3) is 0 Å². The van der Waals surface area contributed by atoms with E-state index in [0.29, 0.717) is 29.5 Å². The van der Waals surface area contributed by atoms with Gasteiger partial charge in [0.2, 0.25) is 5.13 Å². The van der Waals surface area contributed by atoms with Crippen LogP contribution in [0.1, 0.15) is 17.8 Å². The van der Waals surface area contributed by atoms with Gasteiger partial charge in [0.05, 0.1) is 6.54 Å². The summed E-state index contributed by atoms with van der Waals surface area (Å²) in [5.74, 6) is 0.0662. The number of urea groups is 1. The molecular weight excluding hydrogens is 370 g/mol. The summed E-state index contributed by atoms with van der Waals surface area (Å²) in [5, 5.41) is 3.27. The van der Waals surface area contributed by atoms with E-state index in [9.17, 15) is 13.6 Å². The molecule has 1 aromatic carbocycles. The largest absolute Gasteiger partial charge is 0.323 e. The summed E-state index contributed by atoms with van der Waals surface area (Å²) in [6.07, 6.45) is 0.455. The maximum absolute atomic E-state index is 14.4. The predicted octanol–water partition coefficient (Wildman–Crippen LogP) is 4.30. The summed E-state index contributed by atoms with van der Waals surface area (Å²) in [4.78, 5) is 17.6. The van der Waals surface area contributed by atoms with Crippen LogP contribution >= 0.6 is 23.1 Å². The number of piperidine rings is 1. The van der Waals surface area contributed by atoms with Crippen molar-refractivity contribution in [1.29, 1.82) is 0 Å². The average Bonchev–Trinajstić information content (AvgIpc) is 2.96. The van der Waals surface area contributed by atoms with E-state index in [2.05, 4.69) is 14.7 Å². The summed E-state index contributed by atoms with van der Waals surface area (Å²) in [7, 11) is 0. The normalized spacial score (nSPS) is 19.3. The number of aryl methyl sites for hydroxylation is 1. The topological polar surface area (TPSA) is 58.1 Å². The van der Waals surface area contributed by atoms with E-state index in [1.807, 2.05) is 0 Å². The minimum absolute atomic E-state index is 0.0926. The predicted molar refractivity (Wildman–Crippen MR) is 94.1 cm³/mol. The number of carbonyl (C=O) groups excluding carboxylic acids is 1. The number of aromatic nitrogens is 2. The quantitative estimate of drug-likeness (QED) is 0.839. The van der Waals surface area contributed by atoms with Gasteiger partial charge in [-0.05, 0) is 37.1 Å². The highest BCUT2D eigenvalue weighted by Gasteiger charge is 2.27. The second kappa shape index (κ2) is 7.45. The van der Waals surface area contributed by atoms with Crippen LogP contribution in [0.3, 0.4) is 0 Å². The lowest BCUT2D eigenvalue weighted by Crippen LogP contribution is -2.44. The smallest absolute Gasteiger partial charge is 0.321 e. The summed E-state index contributed by atoms with van der Waals surface area (Å²) in [5.41, 5.74) is 0.737. The van der Waals surface area contributed by atoms with Crippen molar-refractivity contribution in [3.63, 3.8) is 0 Å². The second-order valence-corrected chi connectivity index (χ2v) is 6.81. The molecule has 0 bridgehead atoms. The van der Waals surface area contributed by atoms with Gasteiger partial charge < -0.3 is 4.90 Å². The Hall–Kier alpha value is -2.06. The fourth-order valence-corrected chi connectivity index (χ4v) is 3.23. The zero-order valence-electron chi connectivity index (χ0n) is 13.3. The second-order valence-electron chi connectivity index (χ2n) is 5.63. The lowest BCUT2D eigenvalue weighted by Gasteiger charge is -2.30. The van der Waals surface area contributed by atoms with E-state index >= 15 is 0 Å². The number of likely N-dealkylation sites (tertiary alicyclic amines) is 1. The SMILES string of the molecule is Cc1nsc(NC(=O)N2CCC(=Cc3ccc(Cl)cc3F)C(F)C2)n1. The molecule has 0 aliphatic carbocycles. The molecule has 1 fully saturated rings. The minimum Gasteiger partial charge on any atom is -0.321 e. The van der Waals surface area contributed by atoms with Crippen molar-refractivity contribution in [2.24, 2.45) is 0 Å². The monoisotopic (exact) mass is 384 g/mol. The number of amides is 2. The third kappa shape index (κ3) is 4.32. The van der Waals surface area contributed by atoms with Crippen molar-refractivity contribution in [3.05, 3.63) is 46.0 Å². The molecule has 1 unspecified atom stereocenters. The molecule has 9 heteroatoms. The van der Waals surface area contributed by atoms with Crippen LogP contribution in [0.4, 0.5) is 18.7 Å². The van der Waals surface area contributed by atoms with Crippen molar-refractivity contribution in [2.75, 3.05) is 18.4 Å². The Morgan fingerprint density at radius 1 is 1.52 bits per heavy atom. The standard InChI is InChI=1S/C16H15ClF2N4OS/c1-9-20-15(25-22-9)21-16(24)23-5-4-11(14(19)8-23)6-10-2-3-12(17)7-13(10)18/h2-3,6-7,14H,4-5,8H2,1H3,(H,20,21,22,24). The van der Waals surface area contributed by atoms with Crippen LogP contribution < -0.4 is 5.32 Å². The lowest BCUT2D eigenvalue weighted by atomic mass is 9.99. The molecule has 2 amide bonds. The third-order valence-corrected chi connectivity index (χ3v) is 4.74. The summed E-state index contributed by atoms with van der Waals surface area (Å²) < 4.78 is 32.3. The van der Waals surface area contributed by atoms with E-state index in [4.69, 9.17) is 11.6 Å². The van der Waals surface area contributed by atoms with Crippen molar-refractivity contribution in [3.8, 4) is 0 Å². The number of nitrogens with one attached hydrogen (secondary N) is 1. The molecule has 5 nitrogen and oxygen atoms in total. The molecule has 0 radical (unpaired) electrons. The van der Waals surface area contributed by atoms with E-state index < -0.39 is 18.0 Å². The molecule has 1 aromatic heterocycles. The number of hydrogen-bond acceptors (Lipinski definition) is 4. The van der Waals surface area contributed by atoms with Gasteiger partial charge in [-0.1, -0.05) is 17.7 Å². The Labute approximate surface area is 152 Å². The summed E-state index contributed by atoms with van der Waals surface area (Å²) in [6, 6.07) is 3.83. The van der Waals surface area contributed by atoms with Crippen LogP contribution in [0.2, 0.25) is 5.02 Å². The number of carbonyl (C=O) groups is 1. The van der Waals surface area contributed by atoms with Crippen LogP contribution in [-0.2, 0) is 0 Å². The Morgan fingerprint density at radius 3 is 2.96 bits per heavy atom. The Kier molecular flexibility index (Phi) is 5.29. The molecule has 0 spiro atoms. The van der Waals surface area contributed by atoms with Gasteiger partial charge in [-0.25, -0.2) is 18.6 Å². The van der Waals surface area contributed by atoms with Crippen LogP contribution in [0, 0.1) is 12.7 Å². The van der Waals surface area contributed by atoms with Gasteiger partial charge in [-0.3, -0.25) is 5.32 Å². The number of rotatable bonds is 2. The third-order valence-electron chi connectivity index (χ3n) is 3.79. The molecule has 1 saturated heterocycles. The molecule has 1 aliphatic heterocycles. The van der Waals surface area contributed by atoms with Gasteiger partial charge >= 0.3 is 6.03 Å². The van der Waals surface area contributed by atoms with Crippen LogP contribution in [0.5, 0.6) is 0 Å². The van der Waals surface area contributed by atoms with Crippen molar-refractivity contribution >= 4 is 40.4 Å². The Morgan fingerprint density at radius 2 is 2.32 bits per heavy atom. The number of halogens is 3. The van der Waals surface area contributed by atoms with Gasteiger partial charge in [0, 0.05) is 28.7 Å². The fraction of sp³-hybridized carbons (Fsp3) is 0.312. The molecule has 2 heterocycles. The first kappa shape index (κ1) is 17.8. The van der Waals surface area contributed by atoms with E-state index in [1.54, 1.807) is 13.0 Å². The maximum atomic E-state index is 14.4. The van der Waals surface area contributed by atoms with Crippen LogP contribution in [0.25, 0.3) is 6.08 Å². The number of anilines is 1. The first-order valence-corrected chi connectivity index (χ1v) is 8.73. The number of nitrogens with zero attached hydrogens (tertiary/aromatic N) is 3. The molecule has 25 heavy (non-hydrogen) atoms. The number of hydrogen-bond donors (Lipinski definition) is 1. The van der Waals surface area contributed by atoms with Crippen molar-refractivity contribution < 1.29 is 13.6 Å². The molecule has 1 aliphatic rings. The summed E-state index contributed by atoms with van der Waals surface area (Å²) >= 11 is 6.79. The molecule has 1 atom stereocenters. The average molecular weight is 385 g/mol. The van der Waals surface area contributed by atoms with Gasteiger partial charge in [0.1, 0.15) is 17.8 Å². The highest BCUT2D eigenvalue weighted by atomic mass is 35.5. The minimum atomic E-state index is -1.36. The Bertz CT molecular complexity index is 826. The summed E-state index contributed by atoms with van der Waals surface area (Å²) in [6.45, 7) is 1.97. The van der Waals surface area contributed by atoms with E-state index in [-0.39, 0.29) is 17.1 Å². The highest BCUT2D eigenvalue weighted by Crippen LogP contribution is 2.25. The van der Waals surface area contributed by atoms with E-state index in [0.717, 1.165) is 11.5 Å². The first-order chi connectivity index (χ1) is 11.9. The zero-order valence-corrected chi connectivity index (χ0v) is 14.9. The van der Waals surface area contributed by atoms with Crippen LogP contribution in [0.15, 0.2) is 23.8 Å². The van der Waals surface area contributed by atoms with Gasteiger partial charge in [-0.2, -0.15) is 4.37 Å².